The van der Waals surface area contributed by atoms with Gasteiger partial charge in [0.25, 0.3) is 5.91 Å². The quantitative estimate of drug-likeness (QED) is 0.715. The van der Waals surface area contributed by atoms with Crippen LogP contribution in [0.1, 0.15) is 24.2 Å². The van der Waals surface area contributed by atoms with Crippen molar-refractivity contribution in [1.82, 2.24) is 0 Å². The molecule has 0 radical (unpaired) electrons. The minimum atomic E-state index is -0.159. The van der Waals surface area contributed by atoms with E-state index in [1.54, 1.807) is 24.3 Å². The molecule has 1 N–H and O–H groups in total. The minimum absolute atomic E-state index is 0.0499. The molecule has 0 aliphatic heterocycles. The van der Waals surface area contributed by atoms with Gasteiger partial charge in [-0.15, -0.1) is 0 Å². The normalized spacial score (nSPS) is 10.5. The topological polar surface area (TPSA) is 38.3 Å². The Morgan fingerprint density at radius 3 is 2.57 bits per heavy atom. The molecular formula is C16H15ClINO2. The maximum absolute atomic E-state index is 12.2. The van der Waals surface area contributed by atoms with E-state index in [2.05, 4.69) is 27.9 Å². The number of carbonyl (C=O) groups excluding carboxylic acids is 1. The number of halogens is 2. The molecule has 0 fully saturated rings. The summed E-state index contributed by atoms with van der Waals surface area (Å²) in [6, 6.07) is 12.6. The van der Waals surface area contributed by atoms with Crippen LogP contribution in [-0.2, 0) is 0 Å². The second-order valence-corrected chi connectivity index (χ2v) is 6.32. The van der Waals surface area contributed by atoms with Crippen molar-refractivity contribution in [1.29, 1.82) is 0 Å². The number of nitrogens with one attached hydrogen (secondary N) is 1. The van der Waals surface area contributed by atoms with Gasteiger partial charge in [-0.25, -0.2) is 0 Å². The third-order valence-corrected chi connectivity index (χ3v) is 3.91. The number of rotatable bonds is 4. The lowest BCUT2D eigenvalue weighted by atomic mass is 10.2. The SMILES string of the molecule is CC(C)Oc1ccc(NC(=O)c2ccccc2I)cc1Cl. The smallest absolute Gasteiger partial charge is 0.256 e. The average Bonchev–Trinajstić information content (AvgIpc) is 2.42. The monoisotopic (exact) mass is 415 g/mol. The molecule has 1 amide bonds. The van der Waals surface area contributed by atoms with E-state index in [0.29, 0.717) is 22.0 Å². The van der Waals surface area contributed by atoms with Crippen molar-refractivity contribution in [2.75, 3.05) is 5.32 Å². The zero-order valence-corrected chi connectivity index (χ0v) is 14.6. The van der Waals surface area contributed by atoms with Crippen molar-refractivity contribution >= 4 is 45.8 Å². The standard InChI is InChI=1S/C16H15ClINO2/c1-10(2)21-15-8-7-11(9-13(15)17)19-16(20)12-5-3-4-6-14(12)18/h3-10H,1-2H3,(H,19,20). The number of amides is 1. The lowest BCUT2D eigenvalue weighted by molar-refractivity contribution is 0.102. The number of benzene rings is 2. The number of ether oxygens (including phenoxy) is 1. The summed E-state index contributed by atoms with van der Waals surface area (Å²) in [5.74, 6) is 0.451. The number of carbonyl (C=O) groups is 1. The molecule has 0 spiro atoms. The largest absolute Gasteiger partial charge is 0.489 e. The Labute approximate surface area is 142 Å². The maximum Gasteiger partial charge on any atom is 0.256 e. The highest BCUT2D eigenvalue weighted by atomic mass is 127. The first-order valence-electron chi connectivity index (χ1n) is 6.49. The van der Waals surface area contributed by atoms with Gasteiger partial charge >= 0.3 is 0 Å². The Morgan fingerprint density at radius 2 is 1.95 bits per heavy atom. The third kappa shape index (κ3) is 4.35. The highest BCUT2D eigenvalue weighted by molar-refractivity contribution is 14.1. The zero-order chi connectivity index (χ0) is 15.4. The molecule has 2 aromatic rings. The number of hydrogen-bond donors (Lipinski definition) is 1. The minimum Gasteiger partial charge on any atom is -0.489 e. The first-order chi connectivity index (χ1) is 9.97. The molecule has 2 rings (SSSR count). The molecule has 0 heterocycles. The molecule has 110 valence electrons. The highest BCUT2D eigenvalue weighted by Gasteiger charge is 2.11. The highest BCUT2D eigenvalue weighted by Crippen LogP contribution is 2.28. The maximum atomic E-state index is 12.2. The van der Waals surface area contributed by atoms with E-state index in [1.807, 2.05) is 32.0 Å². The van der Waals surface area contributed by atoms with Gasteiger partial charge in [0.2, 0.25) is 0 Å². The second-order valence-electron chi connectivity index (χ2n) is 4.75. The fourth-order valence-electron chi connectivity index (χ4n) is 1.77. The predicted octanol–water partition coefficient (Wildman–Crippen LogP) is 4.98. The van der Waals surface area contributed by atoms with Crippen LogP contribution in [0.3, 0.4) is 0 Å². The Hall–Kier alpha value is -1.27. The van der Waals surface area contributed by atoms with Crippen molar-refractivity contribution in [3.05, 3.63) is 56.6 Å². The molecule has 0 saturated heterocycles. The van der Waals surface area contributed by atoms with Crippen LogP contribution in [0.25, 0.3) is 0 Å². The van der Waals surface area contributed by atoms with Crippen LogP contribution in [0.15, 0.2) is 42.5 Å². The van der Waals surface area contributed by atoms with Crippen molar-refractivity contribution in [2.45, 2.75) is 20.0 Å². The first kappa shape index (κ1) is 16.1. The molecule has 0 unspecified atom stereocenters. The summed E-state index contributed by atoms with van der Waals surface area (Å²) in [6.07, 6.45) is 0.0499. The van der Waals surface area contributed by atoms with Gasteiger partial charge in [-0.2, -0.15) is 0 Å². The molecule has 0 atom stereocenters. The van der Waals surface area contributed by atoms with Gasteiger partial charge in [0, 0.05) is 9.26 Å². The Morgan fingerprint density at radius 1 is 1.24 bits per heavy atom. The van der Waals surface area contributed by atoms with Gasteiger partial charge < -0.3 is 10.1 Å². The van der Waals surface area contributed by atoms with Gasteiger partial charge in [0.1, 0.15) is 5.75 Å². The van der Waals surface area contributed by atoms with Gasteiger partial charge in [0.15, 0.2) is 0 Å². The van der Waals surface area contributed by atoms with E-state index in [-0.39, 0.29) is 12.0 Å². The summed E-state index contributed by atoms with van der Waals surface area (Å²) in [5.41, 5.74) is 1.28. The van der Waals surface area contributed by atoms with Crippen LogP contribution < -0.4 is 10.1 Å². The van der Waals surface area contributed by atoms with Crippen molar-refractivity contribution in [3.63, 3.8) is 0 Å². The van der Waals surface area contributed by atoms with Gasteiger partial charge in [-0.1, -0.05) is 23.7 Å². The van der Waals surface area contributed by atoms with Crippen LogP contribution in [0.5, 0.6) is 5.75 Å². The van der Waals surface area contributed by atoms with Crippen molar-refractivity contribution in [2.24, 2.45) is 0 Å². The molecule has 0 aliphatic carbocycles. The zero-order valence-electron chi connectivity index (χ0n) is 11.7. The summed E-state index contributed by atoms with van der Waals surface area (Å²) < 4.78 is 6.46. The van der Waals surface area contributed by atoms with Crippen LogP contribution in [-0.4, -0.2) is 12.0 Å². The molecule has 5 heteroatoms. The number of anilines is 1. The Bertz CT molecular complexity index is 658. The third-order valence-electron chi connectivity index (χ3n) is 2.67. The van der Waals surface area contributed by atoms with Gasteiger partial charge in [-0.05, 0) is 66.8 Å². The first-order valence-corrected chi connectivity index (χ1v) is 7.95. The van der Waals surface area contributed by atoms with E-state index < -0.39 is 0 Å². The van der Waals surface area contributed by atoms with E-state index in [1.165, 1.54) is 0 Å². The lowest BCUT2D eigenvalue weighted by Crippen LogP contribution is -2.13. The molecular weight excluding hydrogens is 401 g/mol. The molecule has 0 saturated carbocycles. The summed E-state index contributed by atoms with van der Waals surface area (Å²) in [7, 11) is 0. The Balaban J connectivity index is 2.15. The predicted molar refractivity (Wildman–Crippen MR) is 94.3 cm³/mol. The number of hydrogen-bond acceptors (Lipinski definition) is 2. The van der Waals surface area contributed by atoms with Gasteiger partial charge in [0.05, 0.1) is 16.7 Å². The summed E-state index contributed by atoms with van der Waals surface area (Å²) >= 11 is 8.29. The van der Waals surface area contributed by atoms with Crippen LogP contribution >= 0.6 is 34.2 Å². The fraction of sp³-hybridized carbons (Fsp3) is 0.188. The Kier molecular flexibility index (Phi) is 5.47. The van der Waals surface area contributed by atoms with Crippen molar-refractivity contribution in [3.8, 4) is 5.75 Å². The average molecular weight is 416 g/mol. The summed E-state index contributed by atoms with van der Waals surface area (Å²) in [5, 5.41) is 3.31. The molecule has 0 bridgehead atoms. The van der Waals surface area contributed by atoms with E-state index >= 15 is 0 Å². The van der Waals surface area contributed by atoms with Crippen LogP contribution in [0.2, 0.25) is 5.02 Å². The van der Waals surface area contributed by atoms with E-state index in [4.69, 9.17) is 16.3 Å². The molecule has 21 heavy (non-hydrogen) atoms. The summed E-state index contributed by atoms with van der Waals surface area (Å²) in [6.45, 7) is 3.87. The van der Waals surface area contributed by atoms with Crippen molar-refractivity contribution < 1.29 is 9.53 Å². The summed E-state index contributed by atoms with van der Waals surface area (Å²) in [4.78, 5) is 12.2. The van der Waals surface area contributed by atoms with E-state index in [0.717, 1.165) is 3.57 Å². The fourth-order valence-corrected chi connectivity index (χ4v) is 2.63. The lowest BCUT2D eigenvalue weighted by Gasteiger charge is -2.13. The molecule has 0 aromatic heterocycles. The molecule has 0 aliphatic rings. The van der Waals surface area contributed by atoms with E-state index in [9.17, 15) is 4.79 Å². The van der Waals surface area contributed by atoms with Crippen LogP contribution in [0, 0.1) is 3.57 Å². The second kappa shape index (κ2) is 7.13. The molecule has 2 aromatic carbocycles. The molecule has 3 nitrogen and oxygen atoms in total. The van der Waals surface area contributed by atoms with Crippen LogP contribution in [0.4, 0.5) is 5.69 Å². The van der Waals surface area contributed by atoms with Gasteiger partial charge in [-0.3, -0.25) is 4.79 Å².